The number of nitrogens with zero attached hydrogens (tertiary/aromatic N) is 2. The van der Waals surface area contributed by atoms with Gasteiger partial charge in [0.2, 0.25) is 5.78 Å². The molecule has 1 aliphatic heterocycles. The summed E-state index contributed by atoms with van der Waals surface area (Å²) < 4.78 is 0. The van der Waals surface area contributed by atoms with Crippen molar-refractivity contribution in [2.75, 3.05) is 5.01 Å². The first kappa shape index (κ1) is 14.9. The number of amides is 1. The molecular formula is C16H13N3O4. The van der Waals surface area contributed by atoms with Gasteiger partial charge >= 0.3 is 5.91 Å². The molecule has 1 fully saturated rings. The fourth-order valence-electron chi connectivity index (χ4n) is 2.38. The lowest BCUT2D eigenvalue weighted by Crippen LogP contribution is -2.35. The second kappa shape index (κ2) is 5.62. The molecule has 3 rings (SSSR count). The topological polar surface area (TPSA) is 92.5 Å². The number of hydrazine groups is 1. The molecule has 0 aliphatic carbocycles. The van der Waals surface area contributed by atoms with Crippen LogP contribution in [0.5, 0.6) is 0 Å². The van der Waals surface area contributed by atoms with E-state index in [1.165, 1.54) is 24.3 Å². The number of rotatable bonds is 3. The maximum absolute atomic E-state index is 12.2. The van der Waals surface area contributed by atoms with Gasteiger partial charge in [-0.2, -0.15) is 0 Å². The van der Waals surface area contributed by atoms with E-state index in [9.17, 15) is 19.7 Å². The third-order valence-corrected chi connectivity index (χ3v) is 3.66. The lowest BCUT2D eigenvalue weighted by molar-refractivity contribution is -0.384. The van der Waals surface area contributed by atoms with Crippen molar-refractivity contribution in [3.63, 3.8) is 0 Å². The molecule has 0 saturated carbocycles. The number of Topliss-reactive ketones (excluding diaryl/α,β-unsaturated/α-hetero) is 1. The summed E-state index contributed by atoms with van der Waals surface area (Å²) in [5.74, 6) is -1.25. The Morgan fingerprint density at radius 3 is 2.22 bits per heavy atom. The average Bonchev–Trinajstić information content (AvgIpc) is 2.84. The fourth-order valence-corrected chi connectivity index (χ4v) is 2.38. The number of carbonyl (C=O) groups excluding carboxylic acids is 2. The van der Waals surface area contributed by atoms with Crippen LogP contribution in [0.25, 0.3) is 0 Å². The second-order valence-electron chi connectivity index (χ2n) is 5.25. The summed E-state index contributed by atoms with van der Waals surface area (Å²) in [6, 6.07) is 12.0. The Hall–Kier alpha value is -3.06. The van der Waals surface area contributed by atoms with Gasteiger partial charge in [-0.25, -0.2) is 10.4 Å². The lowest BCUT2D eigenvalue weighted by Gasteiger charge is -2.16. The molecule has 1 aliphatic rings. The van der Waals surface area contributed by atoms with Crippen molar-refractivity contribution in [3.05, 3.63) is 69.8 Å². The van der Waals surface area contributed by atoms with Crippen LogP contribution in [0, 0.1) is 17.0 Å². The third kappa shape index (κ3) is 2.69. The number of benzene rings is 2. The summed E-state index contributed by atoms with van der Waals surface area (Å²) in [6.07, 6.45) is 0. The summed E-state index contributed by atoms with van der Waals surface area (Å²) in [4.78, 5) is 34.5. The number of nitro groups is 1. The van der Waals surface area contributed by atoms with Crippen molar-refractivity contribution in [2.24, 2.45) is 0 Å². The zero-order chi connectivity index (χ0) is 16.6. The molecule has 1 saturated heterocycles. The standard InChI is InChI=1S/C16H13N3O4/c1-10-2-4-11(5-3-10)14-15(20)16(21)18(17-14)12-6-8-13(9-7-12)19(22)23/h2-9,14,17H,1H3. The van der Waals surface area contributed by atoms with E-state index in [0.717, 1.165) is 10.6 Å². The van der Waals surface area contributed by atoms with Crippen LogP contribution in [0.4, 0.5) is 11.4 Å². The minimum Gasteiger partial charge on any atom is -0.286 e. The van der Waals surface area contributed by atoms with Crippen LogP contribution in [0.2, 0.25) is 0 Å². The van der Waals surface area contributed by atoms with Gasteiger partial charge in [0, 0.05) is 12.1 Å². The van der Waals surface area contributed by atoms with Crippen molar-refractivity contribution >= 4 is 23.1 Å². The van der Waals surface area contributed by atoms with E-state index in [4.69, 9.17) is 0 Å². The first-order valence-corrected chi connectivity index (χ1v) is 6.93. The normalized spacial score (nSPS) is 17.6. The van der Waals surface area contributed by atoms with Crippen LogP contribution in [-0.2, 0) is 9.59 Å². The molecule has 2 aromatic carbocycles. The molecule has 7 nitrogen and oxygen atoms in total. The van der Waals surface area contributed by atoms with Crippen LogP contribution < -0.4 is 10.4 Å². The van der Waals surface area contributed by atoms with Gasteiger partial charge < -0.3 is 0 Å². The number of hydrogen-bond acceptors (Lipinski definition) is 5. The number of aryl methyl sites for hydroxylation is 1. The highest BCUT2D eigenvalue weighted by Gasteiger charge is 2.40. The highest BCUT2D eigenvalue weighted by atomic mass is 16.6. The van der Waals surface area contributed by atoms with Crippen LogP contribution >= 0.6 is 0 Å². The first-order valence-electron chi connectivity index (χ1n) is 6.93. The van der Waals surface area contributed by atoms with E-state index in [1.807, 2.05) is 19.1 Å². The molecule has 0 spiro atoms. The molecular weight excluding hydrogens is 298 g/mol. The number of non-ortho nitro benzene ring substituents is 1. The summed E-state index contributed by atoms with van der Waals surface area (Å²) in [6.45, 7) is 1.93. The minimum atomic E-state index is -0.752. The molecule has 7 heteroatoms. The molecule has 1 N–H and O–H groups in total. The van der Waals surface area contributed by atoms with Crippen molar-refractivity contribution in [3.8, 4) is 0 Å². The number of ketones is 1. The molecule has 116 valence electrons. The van der Waals surface area contributed by atoms with Crippen molar-refractivity contribution < 1.29 is 14.5 Å². The Kier molecular flexibility index (Phi) is 3.63. The average molecular weight is 311 g/mol. The van der Waals surface area contributed by atoms with Gasteiger partial charge in [0.1, 0.15) is 6.04 Å². The molecule has 0 radical (unpaired) electrons. The predicted molar refractivity (Wildman–Crippen MR) is 82.6 cm³/mol. The summed E-state index contributed by atoms with van der Waals surface area (Å²) in [5.41, 5.74) is 4.90. The van der Waals surface area contributed by atoms with Gasteiger partial charge in [0.15, 0.2) is 0 Å². The Bertz CT molecular complexity index is 784. The highest BCUT2D eigenvalue weighted by Crippen LogP contribution is 2.26. The van der Waals surface area contributed by atoms with Gasteiger partial charge in [-0.3, -0.25) is 19.7 Å². The molecule has 2 aromatic rings. The molecule has 1 atom stereocenters. The van der Waals surface area contributed by atoms with E-state index >= 15 is 0 Å². The van der Waals surface area contributed by atoms with Crippen molar-refractivity contribution in [1.82, 2.24) is 5.43 Å². The molecule has 1 heterocycles. The summed E-state index contributed by atoms with van der Waals surface area (Å²) >= 11 is 0. The monoisotopic (exact) mass is 311 g/mol. The SMILES string of the molecule is Cc1ccc(C2NN(c3ccc([N+](=O)[O-])cc3)C(=O)C2=O)cc1. The molecule has 23 heavy (non-hydrogen) atoms. The number of carbonyl (C=O) groups is 2. The van der Waals surface area contributed by atoms with E-state index in [0.29, 0.717) is 11.3 Å². The minimum absolute atomic E-state index is 0.0817. The van der Waals surface area contributed by atoms with Gasteiger partial charge in [-0.15, -0.1) is 0 Å². The molecule has 1 unspecified atom stereocenters. The number of nitro benzene ring substituents is 1. The quantitative estimate of drug-likeness (QED) is 0.532. The van der Waals surface area contributed by atoms with Crippen molar-refractivity contribution in [1.29, 1.82) is 0 Å². The molecule has 1 amide bonds. The maximum atomic E-state index is 12.2. The van der Waals surface area contributed by atoms with E-state index < -0.39 is 22.7 Å². The smallest absolute Gasteiger partial charge is 0.286 e. The summed E-state index contributed by atoms with van der Waals surface area (Å²) in [5, 5.41) is 11.8. The number of nitrogens with one attached hydrogen (secondary N) is 1. The van der Waals surface area contributed by atoms with Gasteiger partial charge in [0.25, 0.3) is 5.69 Å². The molecule has 0 bridgehead atoms. The lowest BCUT2D eigenvalue weighted by atomic mass is 10.0. The van der Waals surface area contributed by atoms with Crippen LogP contribution in [0.15, 0.2) is 48.5 Å². The van der Waals surface area contributed by atoms with Crippen LogP contribution in [0.1, 0.15) is 17.2 Å². The Labute approximate surface area is 131 Å². The largest absolute Gasteiger partial charge is 0.310 e. The Balaban J connectivity index is 1.87. The number of hydrogen-bond donors (Lipinski definition) is 1. The van der Waals surface area contributed by atoms with E-state index in [2.05, 4.69) is 5.43 Å². The Morgan fingerprint density at radius 1 is 1.04 bits per heavy atom. The Morgan fingerprint density at radius 2 is 1.65 bits per heavy atom. The predicted octanol–water partition coefficient (Wildman–Crippen LogP) is 2.06. The zero-order valence-corrected chi connectivity index (χ0v) is 12.2. The van der Waals surface area contributed by atoms with Gasteiger partial charge in [0.05, 0.1) is 10.6 Å². The van der Waals surface area contributed by atoms with Gasteiger partial charge in [-0.1, -0.05) is 29.8 Å². The third-order valence-electron chi connectivity index (χ3n) is 3.66. The van der Waals surface area contributed by atoms with Gasteiger partial charge in [-0.05, 0) is 24.6 Å². The van der Waals surface area contributed by atoms with Crippen LogP contribution in [0.3, 0.4) is 0 Å². The number of anilines is 1. The molecule has 0 aromatic heterocycles. The second-order valence-corrected chi connectivity index (χ2v) is 5.25. The zero-order valence-electron chi connectivity index (χ0n) is 12.2. The highest BCUT2D eigenvalue weighted by molar-refractivity contribution is 6.45. The maximum Gasteiger partial charge on any atom is 0.310 e. The first-order chi connectivity index (χ1) is 11.0. The van der Waals surface area contributed by atoms with E-state index in [1.54, 1.807) is 12.1 Å². The summed E-state index contributed by atoms with van der Waals surface area (Å²) in [7, 11) is 0. The van der Waals surface area contributed by atoms with E-state index in [-0.39, 0.29) is 5.69 Å². The fraction of sp³-hybridized carbons (Fsp3) is 0.125. The van der Waals surface area contributed by atoms with Crippen molar-refractivity contribution in [2.45, 2.75) is 13.0 Å². The van der Waals surface area contributed by atoms with Crippen LogP contribution in [-0.4, -0.2) is 16.6 Å².